The van der Waals surface area contributed by atoms with Crippen LogP contribution in [-0.2, 0) is 6.42 Å². The van der Waals surface area contributed by atoms with Gasteiger partial charge in [-0.25, -0.2) is 0 Å². The molecule has 0 saturated heterocycles. The third-order valence-corrected chi connectivity index (χ3v) is 5.89. The molecule has 1 saturated carbocycles. The Morgan fingerprint density at radius 3 is 2.76 bits per heavy atom. The summed E-state index contributed by atoms with van der Waals surface area (Å²) in [6.07, 6.45) is 5.32. The van der Waals surface area contributed by atoms with Crippen LogP contribution in [0.3, 0.4) is 0 Å². The second-order valence-corrected chi connectivity index (χ2v) is 8.34. The second-order valence-electron chi connectivity index (χ2n) is 5.79. The van der Waals surface area contributed by atoms with Crippen LogP contribution in [0.15, 0.2) is 15.9 Å². The van der Waals surface area contributed by atoms with Crippen LogP contribution in [0.2, 0.25) is 0 Å². The average molecular weight is 316 g/mol. The van der Waals surface area contributed by atoms with E-state index in [1.807, 2.05) is 11.3 Å². The van der Waals surface area contributed by atoms with Crippen molar-refractivity contribution in [2.75, 3.05) is 7.05 Å². The molecule has 1 aromatic heterocycles. The first kappa shape index (κ1) is 13.6. The summed E-state index contributed by atoms with van der Waals surface area (Å²) in [6.45, 7) is 4.86. The SMILES string of the molecule is CNC(Cc1ccc(Br)s1)C1CCCC1(C)C. The lowest BCUT2D eigenvalue weighted by Crippen LogP contribution is -2.40. The molecule has 0 amide bonds. The molecule has 1 heterocycles. The Balaban J connectivity index is 2.06. The first-order chi connectivity index (χ1) is 8.03. The van der Waals surface area contributed by atoms with Crippen LogP contribution in [0.25, 0.3) is 0 Å². The van der Waals surface area contributed by atoms with Crippen molar-refractivity contribution in [1.82, 2.24) is 5.32 Å². The van der Waals surface area contributed by atoms with Crippen LogP contribution in [0.1, 0.15) is 38.0 Å². The molecule has 1 fully saturated rings. The summed E-state index contributed by atoms with van der Waals surface area (Å²) in [4.78, 5) is 1.49. The van der Waals surface area contributed by atoms with Gasteiger partial charge in [0.25, 0.3) is 0 Å². The fourth-order valence-electron chi connectivity index (χ4n) is 3.22. The minimum atomic E-state index is 0.502. The molecule has 96 valence electrons. The summed E-state index contributed by atoms with van der Waals surface area (Å²) in [5, 5.41) is 3.55. The maximum Gasteiger partial charge on any atom is 0.0701 e. The molecule has 0 radical (unpaired) electrons. The van der Waals surface area contributed by atoms with Gasteiger partial charge in [0.05, 0.1) is 3.79 Å². The molecule has 2 rings (SSSR count). The Kier molecular flexibility index (Phi) is 4.32. The van der Waals surface area contributed by atoms with E-state index < -0.39 is 0 Å². The molecule has 3 heteroatoms. The summed E-state index contributed by atoms with van der Waals surface area (Å²) in [7, 11) is 2.11. The molecule has 1 aromatic rings. The Morgan fingerprint density at radius 2 is 2.29 bits per heavy atom. The van der Waals surface area contributed by atoms with Gasteiger partial charge in [-0.3, -0.25) is 0 Å². The number of nitrogens with one attached hydrogen (secondary N) is 1. The van der Waals surface area contributed by atoms with Crippen molar-refractivity contribution in [3.05, 3.63) is 20.8 Å². The maximum atomic E-state index is 3.55. The highest BCUT2D eigenvalue weighted by Gasteiger charge is 2.38. The van der Waals surface area contributed by atoms with Gasteiger partial charge in [-0.05, 0) is 65.7 Å². The Hall–Kier alpha value is 0.140. The van der Waals surface area contributed by atoms with Gasteiger partial charge in [0.1, 0.15) is 0 Å². The number of hydrogen-bond acceptors (Lipinski definition) is 2. The molecule has 2 atom stereocenters. The van der Waals surface area contributed by atoms with Crippen molar-refractivity contribution < 1.29 is 0 Å². The molecule has 1 aliphatic rings. The third-order valence-electron chi connectivity index (χ3n) is 4.25. The van der Waals surface area contributed by atoms with E-state index in [0.717, 1.165) is 5.92 Å². The highest BCUT2D eigenvalue weighted by molar-refractivity contribution is 9.11. The van der Waals surface area contributed by atoms with Gasteiger partial charge >= 0.3 is 0 Å². The van der Waals surface area contributed by atoms with Crippen molar-refractivity contribution in [3.8, 4) is 0 Å². The highest BCUT2D eigenvalue weighted by Crippen LogP contribution is 2.45. The minimum absolute atomic E-state index is 0.502. The maximum absolute atomic E-state index is 3.55. The number of rotatable bonds is 4. The smallest absolute Gasteiger partial charge is 0.0701 e. The number of hydrogen-bond donors (Lipinski definition) is 1. The Bertz CT molecular complexity index is 372. The molecular weight excluding hydrogens is 294 g/mol. The lowest BCUT2D eigenvalue weighted by atomic mass is 9.76. The standard InChI is InChI=1S/C14H22BrNS/c1-14(2)8-4-5-11(14)12(16-3)9-10-6-7-13(15)17-10/h6-7,11-12,16H,4-5,8-9H2,1-3H3. The Morgan fingerprint density at radius 1 is 1.53 bits per heavy atom. The van der Waals surface area contributed by atoms with E-state index in [4.69, 9.17) is 0 Å². The highest BCUT2D eigenvalue weighted by atomic mass is 79.9. The quantitative estimate of drug-likeness (QED) is 0.864. The molecular formula is C14H22BrNS. The third kappa shape index (κ3) is 3.12. The molecule has 0 aliphatic heterocycles. The fourth-order valence-corrected chi connectivity index (χ4v) is 4.76. The summed E-state index contributed by atoms with van der Waals surface area (Å²) in [5.41, 5.74) is 0.502. The topological polar surface area (TPSA) is 12.0 Å². The fraction of sp³-hybridized carbons (Fsp3) is 0.714. The molecule has 1 N–H and O–H groups in total. The van der Waals surface area contributed by atoms with Crippen molar-refractivity contribution >= 4 is 27.3 Å². The van der Waals surface area contributed by atoms with Crippen LogP contribution in [-0.4, -0.2) is 13.1 Å². The lowest BCUT2D eigenvalue weighted by Gasteiger charge is -2.34. The van der Waals surface area contributed by atoms with Crippen LogP contribution >= 0.6 is 27.3 Å². The van der Waals surface area contributed by atoms with E-state index in [1.54, 1.807) is 0 Å². The van der Waals surface area contributed by atoms with E-state index in [9.17, 15) is 0 Å². The first-order valence-electron chi connectivity index (χ1n) is 6.44. The zero-order valence-corrected chi connectivity index (χ0v) is 13.3. The second kappa shape index (κ2) is 5.41. The summed E-state index contributed by atoms with van der Waals surface area (Å²) >= 11 is 5.42. The van der Waals surface area contributed by atoms with Gasteiger partial charge in [0.2, 0.25) is 0 Å². The summed E-state index contributed by atoms with van der Waals surface area (Å²) < 4.78 is 1.24. The number of thiophene rings is 1. The normalized spacial score (nSPS) is 25.1. The summed E-state index contributed by atoms with van der Waals surface area (Å²) in [6, 6.07) is 5.03. The zero-order chi connectivity index (χ0) is 12.5. The van der Waals surface area contributed by atoms with Gasteiger partial charge in [0, 0.05) is 10.9 Å². The summed E-state index contributed by atoms with van der Waals surface area (Å²) in [5.74, 6) is 0.813. The zero-order valence-electron chi connectivity index (χ0n) is 10.9. The molecule has 17 heavy (non-hydrogen) atoms. The number of likely N-dealkylation sites (N-methyl/N-ethyl adjacent to an activating group) is 1. The molecule has 0 spiro atoms. The van der Waals surface area contributed by atoms with Crippen LogP contribution in [0, 0.1) is 11.3 Å². The van der Waals surface area contributed by atoms with E-state index in [2.05, 4.69) is 54.3 Å². The van der Waals surface area contributed by atoms with Gasteiger partial charge in [-0.2, -0.15) is 0 Å². The predicted octanol–water partition coefficient (Wildman–Crippen LogP) is 4.47. The molecule has 1 nitrogen and oxygen atoms in total. The van der Waals surface area contributed by atoms with E-state index in [0.29, 0.717) is 11.5 Å². The van der Waals surface area contributed by atoms with E-state index in [1.165, 1.54) is 34.3 Å². The molecule has 1 aliphatic carbocycles. The minimum Gasteiger partial charge on any atom is -0.316 e. The Labute approximate surface area is 117 Å². The van der Waals surface area contributed by atoms with Crippen molar-refractivity contribution in [3.63, 3.8) is 0 Å². The van der Waals surface area contributed by atoms with Crippen LogP contribution in [0.5, 0.6) is 0 Å². The monoisotopic (exact) mass is 315 g/mol. The predicted molar refractivity (Wildman–Crippen MR) is 79.7 cm³/mol. The van der Waals surface area contributed by atoms with Gasteiger partial charge < -0.3 is 5.32 Å². The van der Waals surface area contributed by atoms with Gasteiger partial charge in [-0.1, -0.05) is 20.3 Å². The largest absolute Gasteiger partial charge is 0.316 e. The van der Waals surface area contributed by atoms with E-state index >= 15 is 0 Å². The van der Waals surface area contributed by atoms with Crippen molar-refractivity contribution in [1.29, 1.82) is 0 Å². The first-order valence-corrected chi connectivity index (χ1v) is 8.05. The van der Waals surface area contributed by atoms with E-state index in [-0.39, 0.29) is 0 Å². The number of halogens is 1. The molecule has 0 aromatic carbocycles. The van der Waals surface area contributed by atoms with Gasteiger partial charge in [-0.15, -0.1) is 11.3 Å². The van der Waals surface area contributed by atoms with Crippen molar-refractivity contribution in [2.24, 2.45) is 11.3 Å². The average Bonchev–Trinajstić information content (AvgIpc) is 2.81. The van der Waals surface area contributed by atoms with Crippen LogP contribution in [0.4, 0.5) is 0 Å². The van der Waals surface area contributed by atoms with Gasteiger partial charge in [0.15, 0.2) is 0 Å². The lowest BCUT2D eigenvalue weighted by molar-refractivity contribution is 0.202. The van der Waals surface area contributed by atoms with Crippen molar-refractivity contribution in [2.45, 2.75) is 45.6 Å². The van der Waals surface area contributed by atoms with Crippen LogP contribution < -0.4 is 5.32 Å². The molecule has 0 bridgehead atoms. The molecule has 2 unspecified atom stereocenters.